The Balaban J connectivity index is 0.000000771. The third kappa shape index (κ3) is 2.44. The molecule has 0 radical (unpaired) electrons. The third-order valence-electron chi connectivity index (χ3n) is 2.11. The molecule has 4 nitrogen and oxygen atoms in total. The molecule has 0 unspecified atom stereocenters. The summed E-state index contributed by atoms with van der Waals surface area (Å²) in [7, 11) is 0. The third-order valence-corrected chi connectivity index (χ3v) is 2.11. The first-order valence-electron chi connectivity index (χ1n) is 5.21. The normalized spacial score (nSPS) is 10.9. The molecule has 0 atom stereocenters. The topological polar surface area (TPSA) is 65.7 Å². The maximum atomic E-state index is 12.2. The quantitative estimate of drug-likeness (QED) is 0.774. The molecule has 2 rings (SSSR count). The number of H-pyrrole nitrogens is 2. The van der Waals surface area contributed by atoms with Crippen molar-refractivity contribution in [3.05, 3.63) is 34.4 Å². The first kappa shape index (κ1) is 14.0. The molecule has 98 valence electrons. The zero-order valence-corrected chi connectivity index (χ0v) is 9.68. The van der Waals surface area contributed by atoms with E-state index in [1.165, 1.54) is 12.3 Å². The summed E-state index contributed by atoms with van der Waals surface area (Å²) in [5.41, 5.74) is -1.16. The van der Waals surface area contributed by atoms with Gasteiger partial charge in [-0.1, -0.05) is 13.8 Å². The van der Waals surface area contributed by atoms with Crippen molar-refractivity contribution in [2.24, 2.45) is 0 Å². The van der Waals surface area contributed by atoms with Gasteiger partial charge < -0.3 is 9.97 Å². The van der Waals surface area contributed by atoms with Crippen LogP contribution in [0.25, 0.3) is 10.9 Å². The fraction of sp³-hybridized carbons (Fsp3) is 0.273. The fourth-order valence-corrected chi connectivity index (χ4v) is 1.41. The summed E-state index contributed by atoms with van der Waals surface area (Å²) in [5.74, 6) is -1.97. The van der Waals surface area contributed by atoms with Gasteiger partial charge in [-0.3, -0.25) is 9.59 Å². The van der Waals surface area contributed by atoms with Crippen LogP contribution < -0.4 is 5.56 Å². The van der Waals surface area contributed by atoms with Gasteiger partial charge in [0.15, 0.2) is 0 Å². The lowest BCUT2D eigenvalue weighted by atomic mass is 10.1. The van der Waals surface area contributed by atoms with Crippen molar-refractivity contribution in [1.29, 1.82) is 0 Å². The summed E-state index contributed by atoms with van der Waals surface area (Å²) in [5, 5.41) is -0.0360. The first-order chi connectivity index (χ1) is 8.41. The molecule has 0 fully saturated rings. The van der Waals surface area contributed by atoms with Crippen LogP contribution in [0, 0.1) is 0 Å². The first-order valence-corrected chi connectivity index (χ1v) is 5.21. The van der Waals surface area contributed by atoms with Crippen LogP contribution in [0.4, 0.5) is 13.2 Å². The number of nitrogens with one attached hydrogen (secondary N) is 2. The summed E-state index contributed by atoms with van der Waals surface area (Å²) in [6.07, 6.45) is -2.88. The number of pyridine rings is 1. The average Bonchev–Trinajstić information content (AvgIpc) is 2.74. The number of alkyl halides is 3. The predicted octanol–water partition coefficient (Wildman–Crippen LogP) is 2.63. The molecule has 0 saturated heterocycles. The second-order valence-corrected chi connectivity index (χ2v) is 3.12. The van der Waals surface area contributed by atoms with E-state index in [0.717, 1.165) is 6.20 Å². The summed E-state index contributed by atoms with van der Waals surface area (Å²) < 4.78 is 36.6. The number of rotatable bonds is 1. The van der Waals surface area contributed by atoms with Crippen molar-refractivity contribution < 1.29 is 18.0 Å². The van der Waals surface area contributed by atoms with E-state index in [2.05, 4.69) is 9.97 Å². The summed E-state index contributed by atoms with van der Waals surface area (Å²) in [6, 6.07) is 1.24. The van der Waals surface area contributed by atoms with E-state index in [9.17, 15) is 22.8 Å². The standard InChI is InChI=1S/C9H5F3N2O2.C2H6/c10-9(11,12)7(15)5-3-14-6-4(5)1-2-13-8(6)16;1-2/h1-3,14H,(H,13,16);1-2H3. The summed E-state index contributed by atoms with van der Waals surface area (Å²) in [4.78, 5) is 26.8. The van der Waals surface area contributed by atoms with E-state index >= 15 is 0 Å². The minimum Gasteiger partial charge on any atom is -0.356 e. The van der Waals surface area contributed by atoms with Crippen LogP contribution in [0.15, 0.2) is 23.3 Å². The number of fused-ring (bicyclic) bond motifs is 1. The van der Waals surface area contributed by atoms with Gasteiger partial charge in [0, 0.05) is 17.8 Å². The van der Waals surface area contributed by atoms with Crippen molar-refractivity contribution in [1.82, 2.24) is 9.97 Å². The maximum absolute atomic E-state index is 12.2. The molecule has 0 aliphatic carbocycles. The lowest BCUT2D eigenvalue weighted by Gasteiger charge is -2.02. The highest BCUT2D eigenvalue weighted by Gasteiger charge is 2.40. The monoisotopic (exact) mass is 260 g/mol. The smallest absolute Gasteiger partial charge is 0.356 e. The predicted molar refractivity (Wildman–Crippen MR) is 60.7 cm³/mol. The average molecular weight is 260 g/mol. The van der Waals surface area contributed by atoms with E-state index in [0.29, 0.717) is 0 Å². The molecule has 0 saturated carbocycles. The Bertz CT molecular complexity index is 611. The molecule has 0 aliphatic rings. The van der Waals surface area contributed by atoms with E-state index in [-0.39, 0.29) is 10.9 Å². The van der Waals surface area contributed by atoms with Gasteiger partial charge in [-0.25, -0.2) is 0 Å². The molecule has 18 heavy (non-hydrogen) atoms. The Hall–Kier alpha value is -2.05. The molecule has 0 aliphatic heterocycles. The zero-order valence-electron chi connectivity index (χ0n) is 9.68. The Morgan fingerprint density at radius 2 is 1.83 bits per heavy atom. The van der Waals surface area contributed by atoms with E-state index in [1.807, 2.05) is 13.8 Å². The molecule has 7 heteroatoms. The van der Waals surface area contributed by atoms with Gasteiger partial charge in [0.25, 0.3) is 11.3 Å². The zero-order chi connectivity index (χ0) is 13.9. The van der Waals surface area contributed by atoms with E-state index in [4.69, 9.17) is 0 Å². The molecular formula is C11H11F3N2O2. The number of aromatic nitrogens is 2. The second kappa shape index (κ2) is 5.07. The van der Waals surface area contributed by atoms with Crippen LogP contribution in [0.5, 0.6) is 0 Å². The number of Topliss-reactive ketones (excluding diaryl/α,β-unsaturated/α-hetero) is 1. The SMILES string of the molecule is CC.O=C(c1c[nH]c2c(=O)[nH]ccc12)C(F)(F)F. The lowest BCUT2D eigenvalue weighted by Crippen LogP contribution is -2.22. The van der Waals surface area contributed by atoms with Crippen molar-refractivity contribution >= 4 is 16.7 Å². The number of hydrogen-bond acceptors (Lipinski definition) is 2. The van der Waals surface area contributed by atoms with Gasteiger partial charge in [-0.2, -0.15) is 13.2 Å². The molecule has 2 aromatic rings. The fourth-order valence-electron chi connectivity index (χ4n) is 1.41. The van der Waals surface area contributed by atoms with Crippen LogP contribution in [-0.2, 0) is 0 Å². The van der Waals surface area contributed by atoms with Crippen LogP contribution in [0.2, 0.25) is 0 Å². The Kier molecular flexibility index (Phi) is 3.95. The van der Waals surface area contributed by atoms with Gasteiger partial charge >= 0.3 is 6.18 Å². The molecule has 2 N–H and O–H groups in total. The summed E-state index contributed by atoms with van der Waals surface area (Å²) in [6.45, 7) is 4.00. The maximum Gasteiger partial charge on any atom is 0.454 e. The highest BCUT2D eigenvalue weighted by atomic mass is 19.4. The minimum atomic E-state index is -4.95. The van der Waals surface area contributed by atoms with E-state index in [1.54, 1.807) is 0 Å². The molecule has 0 aromatic carbocycles. The summed E-state index contributed by atoms with van der Waals surface area (Å²) >= 11 is 0. The van der Waals surface area contributed by atoms with Crippen molar-refractivity contribution in [3.8, 4) is 0 Å². The molecule has 0 spiro atoms. The van der Waals surface area contributed by atoms with Gasteiger partial charge in [0.1, 0.15) is 5.52 Å². The van der Waals surface area contributed by atoms with Gasteiger partial charge in [-0.05, 0) is 6.07 Å². The van der Waals surface area contributed by atoms with Crippen LogP contribution in [0.3, 0.4) is 0 Å². The molecule has 0 bridgehead atoms. The Morgan fingerprint density at radius 1 is 1.22 bits per heavy atom. The van der Waals surface area contributed by atoms with Crippen molar-refractivity contribution in [3.63, 3.8) is 0 Å². The number of hydrogen-bond donors (Lipinski definition) is 2. The number of carbonyl (C=O) groups excluding carboxylic acids is 1. The largest absolute Gasteiger partial charge is 0.454 e. The molecular weight excluding hydrogens is 249 g/mol. The molecule has 2 aromatic heterocycles. The molecule has 0 amide bonds. The highest BCUT2D eigenvalue weighted by molar-refractivity contribution is 6.10. The Morgan fingerprint density at radius 3 is 2.39 bits per heavy atom. The van der Waals surface area contributed by atoms with Crippen LogP contribution >= 0.6 is 0 Å². The van der Waals surface area contributed by atoms with Crippen LogP contribution in [-0.4, -0.2) is 21.9 Å². The van der Waals surface area contributed by atoms with Gasteiger partial charge in [0.2, 0.25) is 0 Å². The second-order valence-electron chi connectivity index (χ2n) is 3.12. The van der Waals surface area contributed by atoms with Gasteiger partial charge in [0.05, 0.1) is 5.56 Å². The number of ketones is 1. The minimum absolute atomic E-state index is 0.0360. The molecule has 2 heterocycles. The number of aromatic amines is 2. The van der Waals surface area contributed by atoms with Gasteiger partial charge in [-0.15, -0.1) is 0 Å². The number of halogens is 3. The van der Waals surface area contributed by atoms with Crippen LogP contribution in [0.1, 0.15) is 24.2 Å². The lowest BCUT2D eigenvalue weighted by molar-refractivity contribution is -0.0884. The highest BCUT2D eigenvalue weighted by Crippen LogP contribution is 2.25. The number of carbonyl (C=O) groups is 1. The Labute approximate surface area is 99.8 Å². The van der Waals surface area contributed by atoms with E-state index < -0.39 is 23.1 Å². The van der Waals surface area contributed by atoms with Crippen molar-refractivity contribution in [2.75, 3.05) is 0 Å². The van der Waals surface area contributed by atoms with Crippen molar-refractivity contribution in [2.45, 2.75) is 20.0 Å².